The highest BCUT2D eigenvalue weighted by molar-refractivity contribution is 9.09. The second-order valence-corrected chi connectivity index (χ2v) is 6.77. The van der Waals surface area contributed by atoms with Crippen LogP contribution in [0.25, 0.3) is 0 Å². The Hall–Kier alpha value is 0.110. The van der Waals surface area contributed by atoms with Crippen molar-refractivity contribution < 1.29 is 0 Å². The monoisotopic (exact) mass is 275 g/mol. The molecule has 0 aliphatic rings. The minimum absolute atomic E-state index is 0.369. The number of halogens is 1. The van der Waals surface area contributed by atoms with Gasteiger partial charge >= 0.3 is 0 Å². The van der Waals surface area contributed by atoms with Gasteiger partial charge in [-0.05, 0) is 24.7 Å². The van der Waals surface area contributed by atoms with Crippen molar-refractivity contribution in [2.45, 2.75) is 44.9 Å². The Morgan fingerprint density at radius 1 is 1.50 bits per heavy atom. The molecule has 0 spiro atoms. The van der Waals surface area contributed by atoms with Crippen LogP contribution in [0.1, 0.15) is 38.5 Å². The maximum Gasteiger partial charge on any atom is 0.0794 e. The molecular weight excluding hydrogens is 258 g/mol. The van der Waals surface area contributed by atoms with E-state index in [4.69, 9.17) is 0 Å². The Bertz CT molecular complexity index is 251. The predicted molar refractivity (Wildman–Crippen MR) is 67.2 cm³/mol. The molecule has 0 amide bonds. The highest BCUT2D eigenvalue weighted by atomic mass is 79.9. The van der Waals surface area contributed by atoms with Crippen LogP contribution in [0, 0.1) is 5.41 Å². The van der Waals surface area contributed by atoms with Gasteiger partial charge in [-0.1, -0.05) is 36.7 Å². The lowest BCUT2D eigenvalue weighted by molar-refractivity contribution is 0.380. The molecule has 3 heteroatoms. The van der Waals surface area contributed by atoms with Crippen LogP contribution in [0.4, 0.5) is 0 Å². The Labute approximate surface area is 99.1 Å². The summed E-state index contributed by atoms with van der Waals surface area (Å²) in [5.41, 5.74) is 2.28. The molecule has 1 heterocycles. The van der Waals surface area contributed by atoms with Gasteiger partial charge in [0.05, 0.1) is 5.51 Å². The number of alkyl halides is 1. The summed E-state index contributed by atoms with van der Waals surface area (Å²) in [6.07, 6.45) is 5.63. The molecule has 0 radical (unpaired) electrons. The third-order valence-corrected chi connectivity index (χ3v) is 4.97. The molecule has 1 aromatic heterocycles. The second kappa shape index (κ2) is 5.26. The minimum Gasteiger partial charge on any atom is -0.253 e. The molecule has 0 aromatic carbocycles. The fraction of sp³-hybridized carbons (Fsp3) is 0.727. The SMILES string of the molecule is CC(C)(C)C(Br)CCCc1cncs1. The fourth-order valence-corrected chi connectivity index (χ4v) is 2.22. The van der Waals surface area contributed by atoms with Crippen molar-refractivity contribution in [2.75, 3.05) is 0 Å². The number of hydrogen-bond donors (Lipinski definition) is 0. The summed E-state index contributed by atoms with van der Waals surface area (Å²) >= 11 is 5.51. The largest absolute Gasteiger partial charge is 0.253 e. The molecule has 14 heavy (non-hydrogen) atoms. The van der Waals surface area contributed by atoms with E-state index in [0.717, 1.165) is 0 Å². The van der Waals surface area contributed by atoms with Crippen LogP contribution in [0.15, 0.2) is 11.7 Å². The van der Waals surface area contributed by atoms with E-state index in [1.807, 2.05) is 11.7 Å². The zero-order valence-electron chi connectivity index (χ0n) is 9.09. The first-order chi connectivity index (χ1) is 6.50. The van der Waals surface area contributed by atoms with Crippen molar-refractivity contribution in [3.63, 3.8) is 0 Å². The lowest BCUT2D eigenvalue weighted by Crippen LogP contribution is -2.20. The maximum atomic E-state index is 4.08. The number of hydrogen-bond acceptors (Lipinski definition) is 2. The van der Waals surface area contributed by atoms with Crippen molar-refractivity contribution in [2.24, 2.45) is 5.41 Å². The van der Waals surface area contributed by atoms with Crippen LogP contribution in [0.2, 0.25) is 0 Å². The summed E-state index contributed by atoms with van der Waals surface area (Å²) in [7, 11) is 0. The van der Waals surface area contributed by atoms with Crippen LogP contribution >= 0.6 is 27.3 Å². The van der Waals surface area contributed by atoms with Crippen molar-refractivity contribution in [3.8, 4) is 0 Å². The van der Waals surface area contributed by atoms with E-state index in [2.05, 4.69) is 41.7 Å². The molecule has 1 aromatic rings. The van der Waals surface area contributed by atoms with E-state index in [-0.39, 0.29) is 0 Å². The minimum atomic E-state index is 0.369. The highest BCUT2D eigenvalue weighted by Gasteiger charge is 2.20. The van der Waals surface area contributed by atoms with Gasteiger partial charge in [0.15, 0.2) is 0 Å². The van der Waals surface area contributed by atoms with Crippen LogP contribution in [0.3, 0.4) is 0 Å². The molecule has 1 atom stereocenters. The Balaban J connectivity index is 2.22. The first kappa shape index (κ1) is 12.2. The van der Waals surface area contributed by atoms with Crippen LogP contribution in [-0.2, 0) is 6.42 Å². The lowest BCUT2D eigenvalue weighted by atomic mass is 9.89. The number of thiazole rings is 1. The van der Waals surface area contributed by atoms with Gasteiger partial charge in [-0.3, -0.25) is 4.98 Å². The van der Waals surface area contributed by atoms with Gasteiger partial charge in [0.2, 0.25) is 0 Å². The van der Waals surface area contributed by atoms with E-state index < -0.39 is 0 Å². The zero-order chi connectivity index (χ0) is 10.6. The molecule has 0 saturated carbocycles. The Morgan fingerprint density at radius 2 is 2.21 bits per heavy atom. The molecule has 1 unspecified atom stereocenters. The molecule has 0 fully saturated rings. The fourth-order valence-electron chi connectivity index (χ4n) is 1.25. The van der Waals surface area contributed by atoms with Gasteiger partial charge in [0.1, 0.15) is 0 Å². The third kappa shape index (κ3) is 4.09. The number of nitrogens with zero attached hydrogens (tertiary/aromatic N) is 1. The summed E-state index contributed by atoms with van der Waals surface area (Å²) in [6.45, 7) is 6.83. The first-order valence-corrected chi connectivity index (χ1v) is 6.81. The van der Waals surface area contributed by atoms with Gasteiger partial charge in [-0.25, -0.2) is 0 Å². The quantitative estimate of drug-likeness (QED) is 0.748. The Morgan fingerprint density at radius 3 is 2.71 bits per heavy atom. The molecule has 0 N–H and O–H groups in total. The Kier molecular flexibility index (Phi) is 4.58. The molecule has 0 bridgehead atoms. The highest BCUT2D eigenvalue weighted by Crippen LogP contribution is 2.30. The first-order valence-electron chi connectivity index (χ1n) is 5.01. The summed E-state index contributed by atoms with van der Waals surface area (Å²) in [5.74, 6) is 0. The van der Waals surface area contributed by atoms with Gasteiger partial charge < -0.3 is 0 Å². The van der Waals surface area contributed by atoms with E-state index in [1.165, 1.54) is 24.1 Å². The molecule has 1 nitrogen and oxygen atoms in total. The zero-order valence-corrected chi connectivity index (χ0v) is 11.5. The molecular formula is C11H18BrNS. The normalized spacial score (nSPS) is 14.3. The summed E-state index contributed by atoms with van der Waals surface area (Å²) in [5, 5.41) is 0. The van der Waals surface area contributed by atoms with Gasteiger partial charge in [0, 0.05) is 15.9 Å². The smallest absolute Gasteiger partial charge is 0.0794 e. The summed E-state index contributed by atoms with van der Waals surface area (Å²) in [6, 6.07) is 0. The molecule has 0 aliphatic carbocycles. The maximum absolute atomic E-state index is 4.08. The number of rotatable bonds is 4. The predicted octanol–water partition coefficient (Wildman–Crippen LogP) is 4.28. The summed E-state index contributed by atoms with van der Waals surface area (Å²) < 4.78 is 0. The van der Waals surface area contributed by atoms with E-state index >= 15 is 0 Å². The lowest BCUT2D eigenvalue weighted by Gasteiger charge is -2.25. The standard InChI is InChI=1S/C11H18BrNS/c1-11(2,3)10(12)6-4-5-9-7-13-8-14-9/h7-8,10H,4-6H2,1-3H3. The van der Waals surface area contributed by atoms with Crippen LogP contribution < -0.4 is 0 Å². The molecule has 1 rings (SSSR count). The topological polar surface area (TPSA) is 12.9 Å². The molecule has 80 valence electrons. The van der Waals surface area contributed by atoms with Crippen molar-refractivity contribution in [1.82, 2.24) is 4.98 Å². The van der Waals surface area contributed by atoms with E-state index in [1.54, 1.807) is 11.3 Å². The molecule has 0 aliphatic heterocycles. The number of aromatic nitrogens is 1. The van der Waals surface area contributed by atoms with E-state index in [0.29, 0.717) is 10.2 Å². The van der Waals surface area contributed by atoms with Crippen molar-refractivity contribution in [3.05, 3.63) is 16.6 Å². The average Bonchev–Trinajstić information content (AvgIpc) is 2.55. The van der Waals surface area contributed by atoms with E-state index in [9.17, 15) is 0 Å². The summed E-state index contributed by atoms with van der Waals surface area (Å²) in [4.78, 5) is 6.09. The molecule has 0 saturated heterocycles. The van der Waals surface area contributed by atoms with Crippen LogP contribution in [-0.4, -0.2) is 9.81 Å². The van der Waals surface area contributed by atoms with Crippen LogP contribution in [0.5, 0.6) is 0 Å². The van der Waals surface area contributed by atoms with Gasteiger partial charge in [-0.2, -0.15) is 0 Å². The third-order valence-electron chi connectivity index (χ3n) is 2.30. The number of aryl methyl sites for hydroxylation is 1. The van der Waals surface area contributed by atoms with Crippen molar-refractivity contribution >= 4 is 27.3 Å². The van der Waals surface area contributed by atoms with Gasteiger partial charge in [-0.15, -0.1) is 11.3 Å². The van der Waals surface area contributed by atoms with Gasteiger partial charge in [0.25, 0.3) is 0 Å². The average molecular weight is 276 g/mol. The van der Waals surface area contributed by atoms with Crippen molar-refractivity contribution in [1.29, 1.82) is 0 Å². The second-order valence-electron chi connectivity index (χ2n) is 4.69.